The fourth-order valence-corrected chi connectivity index (χ4v) is 4.03. The van der Waals surface area contributed by atoms with E-state index in [1.165, 1.54) is 0 Å². The van der Waals surface area contributed by atoms with Gasteiger partial charge in [-0.25, -0.2) is 4.98 Å². The quantitative estimate of drug-likeness (QED) is 0.909. The van der Waals surface area contributed by atoms with Crippen LogP contribution in [0.15, 0.2) is 17.2 Å². The Bertz CT molecular complexity index is 585. The van der Waals surface area contributed by atoms with Gasteiger partial charge in [0.05, 0.1) is 12.2 Å². The van der Waals surface area contributed by atoms with Gasteiger partial charge in [-0.2, -0.15) is 0 Å². The van der Waals surface area contributed by atoms with Gasteiger partial charge in [0, 0.05) is 44.1 Å². The Balaban J connectivity index is 1.55. The summed E-state index contributed by atoms with van der Waals surface area (Å²) in [5, 5.41) is 3.82. The van der Waals surface area contributed by atoms with Crippen molar-refractivity contribution in [3.8, 4) is 0 Å². The smallest absolute Gasteiger partial charge is 0.293 e. The Morgan fingerprint density at radius 2 is 1.88 bits per heavy atom. The predicted molar refractivity (Wildman–Crippen MR) is 95.6 cm³/mol. The normalized spacial score (nSPS) is 29.0. The molecule has 1 aromatic rings. The number of rotatable bonds is 4. The third-order valence-electron chi connectivity index (χ3n) is 5.20. The van der Waals surface area contributed by atoms with Gasteiger partial charge in [-0.15, -0.1) is 0 Å². The summed E-state index contributed by atoms with van der Waals surface area (Å²) in [5.74, 6) is 0.603. The Morgan fingerprint density at radius 1 is 1.21 bits per heavy atom. The summed E-state index contributed by atoms with van der Waals surface area (Å²) >= 11 is 0. The average Bonchev–Trinajstić information content (AvgIpc) is 2.55. The van der Waals surface area contributed by atoms with E-state index in [-0.39, 0.29) is 5.56 Å². The number of aryl methyl sites for hydroxylation is 1. The van der Waals surface area contributed by atoms with E-state index in [2.05, 4.69) is 29.0 Å². The number of ether oxygens (including phenoxy) is 1. The molecule has 1 N–H and O–H groups in total. The standard InChI is InChI=1S/C18H30N4O2/c1-4-21-10-7-19-17(18(21)23)22-8-5-15(6-9-22)20-16-11-13(2)24-14(3)12-16/h7,10,13-16,20H,4-6,8-9,11-12H2,1-3H3/t13-,14+,16?. The van der Waals surface area contributed by atoms with Crippen molar-refractivity contribution in [1.29, 1.82) is 0 Å². The number of nitrogens with one attached hydrogen (secondary N) is 1. The number of anilines is 1. The lowest BCUT2D eigenvalue weighted by Gasteiger charge is -2.38. The Labute approximate surface area is 144 Å². The zero-order chi connectivity index (χ0) is 17.1. The lowest BCUT2D eigenvalue weighted by molar-refractivity contribution is -0.0439. The molecular weight excluding hydrogens is 304 g/mol. The molecule has 0 saturated carbocycles. The van der Waals surface area contributed by atoms with E-state index < -0.39 is 0 Å². The highest BCUT2D eigenvalue weighted by atomic mass is 16.5. The second-order valence-corrected chi connectivity index (χ2v) is 7.20. The van der Waals surface area contributed by atoms with E-state index in [1.807, 2.05) is 6.92 Å². The zero-order valence-electron chi connectivity index (χ0n) is 15.1. The molecule has 6 nitrogen and oxygen atoms in total. The van der Waals surface area contributed by atoms with Crippen LogP contribution in [0.25, 0.3) is 0 Å². The van der Waals surface area contributed by atoms with Gasteiger partial charge in [0.2, 0.25) is 0 Å². The van der Waals surface area contributed by atoms with E-state index in [1.54, 1.807) is 17.0 Å². The average molecular weight is 334 g/mol. The maximum absolute atomic E-state index is 12.4. The van der Waals surface area contributed by atoms with Gasteiger partial charge in [-0.05, 0) is 46.5 Å². The summed E-state index contributed by atoms with van der Waals surface area (Å²) < 4.78 is 7.54. The first kappa shape index (κ1) is 17.4. The van der Waals surface area contributed by atoms with Crippen LogP contribution in [0, 0.1) is 0 Å². The summed E-state index contributed by atoms with van der Waals surface area (Å²) in [7, 11) is 0. The number of aromatic nitrogens is 2. The summed E-state index contributed by atoms with van der Waals surface area (Å²) in [6.07, 6.45) is 8.46. The summed E-state index contributed by atoms with van der Waals surface area (Å²) in [6, 6.07) is 1.08. The van der Waals surface area contributed by atoms with E-state index in [4.69, 9.17) is 4.74 Å². The van der Waals surface area contributed by atoms with Crippen LogP contribution in [0.5, 0.6) is 0 Å². The molecule has 134 valence electrons. The minimum atomic E-state index is 0.0264. The van der Waals surface area contributed by atoms with Crippen molar-refractivity contribution in [2.75, 3.05) is 18.0 Å². The summed E-state index contributed by atoms with van der Waals surface area (Å²) in [4.78, 5) is 18.9. The van der Waals surface area contributed by atoms with Crippen molar-refractivity contribution in [3.63, 3.8) is 0 Å². The summed E-state index contributed by atoms with van der Waals surface area (Å²) in [6.45, 7) is 8.77. The van der Waals surface area contributed by atoms with Crippen LogP contribution in [-0.4, -0.2) is 46.9 Å². The maximum Gasteiger partial charge on any atom is 0.293 e. The van der Waals surface area contributed by atoms with E-state index >= 15 is 0 Å². The largest absolute Gasteiger partial charge is 0.375 e. The number of hydrogen-bond donors (Lipinski definition) is 1. The minimum Gasteiger partial charge on any atom is -0.375 e. The van der Waals surface area contributed by atoms with Crippen molar-refractivity contribution >= 4 is 5.82 Å². The second kappa shape index (κ2) is 7.66. The molecule has 24 heavy (non-hydrogen) atoms. The molecular formula is C18H30N4O2. The third-order valence-corrected chi connectivity index (χ3v) is 5.20. The highest BCUT2D eigenvalue weighted by Gasteiger charge is 2.28. The third kappa shape index (κ3) is 3.98. The lowest BCUT2D eigenvalue weighted by Crippen LogP contribution is -2.50. The predicted octanol–water partition coefficient (Wildman–Crippen LogP) is 1.78. The maximum atomic E-state index is 12.4. The molecule has 2 saturated heterocycles. The molecule has 0 aliphatic carbocycles. The van der Waals surface area contributed by atoms with Crippen LogP contribution >= 0.6 is 0 Å². The second-order valence-electron chi connectivity index (χ2n) is 7.20. The van der Waals surface area contributed by atoms with Gasteiger partial charge < -0.3 is 19.5 Å². The van der Waals surface area contributed by atoms with Crippen LogP contribution in [-0.2, 0) is 11.3 Å². The molecule has 3 rings (SSSR count). The monoisotopic (exact) mass is 334 g/mol. The molecule has 3 atom stereocenters. The molecule has 0 amide bonds. The molecule has 2 aliphatic rings. The Hall–Kier alpha value is -1.40. The van der Waals surface area contributed by atoms with Gasteiger partial charge in [0.1, 0.15) is 0 Å². The van der Waals surface area contributed by atoms with Crippen LogP contribution in [0.3, 0.4) is 0 Å². The van der Waals surface area contributed by atoms with Crippen molar-refractivity contribution < 1.29 is 4.74 Å². The molecule has 1 unspecified atom stereocenters. The number of hydrogen-bond acceptors (Lipinski definition) is 5. The number of piperidine rings is 1. The molecule has 2 aliphatic heterocycles. The van der Waals surface area contributed by atoms with Crippen LogP contribution < -0.4 is 15.8 Å². The Morgan fingerprint density at radius 3 is 2.50 bits per heavy atom. The molecule has 0 spiro atoms. The van der Waals surface area contributed by atoms with E-state index in [0.29, 0.717) is 36.7 Å². The highest BCUT2D eigenvalue weighted by molar-refractivity contribution is 5.36. The first-order chi connectivity index (χ1) is 11.6. The molecule has 0 aromatic carbocycles. The zero-order valence-corrected chi connectivity index (χ0v) is 15.1. The van der Waals surface area contributed by atoms with Gasteiger partial charge in [0.25, 0.3) is 5.56 Å². The van der Waals surface area contributed by atoms with Crippen LogP contribution in [0.1, 0.15) is 46.5 Å². The van der Waals surface area contributed by atoms with Crippen molar-refractivity contribution in [1.82, 2.24) is 14.9 Å². The Kier molecular flexibility index (Phi) is 5.56. The molecule has 6 heteroatoms. The van der Waals surface area contributed by atoms with Crippen LogP contribution in [0.4, 0.5) is 5.82 Å². The molecule has 3 heterocycles. The lowest BCUT2D eigenvalue weighted by atomic mass is 9.96. The van der Waals surface area contributed by atoms with Gasteiger partial charge >= 0.3 is 0 Å². The minimum absolute atomic E-state index is 0.0264. The van der Waals surface area contributed by atoms with Crippen molar-refractivity contribution in [2.45, 2.75) is 77.3 Å². The van der Waals surface area contributed by atoms with Crippen molar-refractivity contribution in [3.05, 3.63) is 22.7 Å². The molecule has 0 bridgehead atoms. The highest BCUT2D eigenvalue weighted by Crippen LogP contribution is 2.22. The van der Waals surface area contributed by atoms with Gasteiger partial charge in [-0.3, -0.25) is 4.79 Å². The SMILES string of the molecule is CCn1ccnc(N2CCC(NC3C[C@@H](C)O[C@@H](C)C3)CC2)c1=O. The topological polar surface area (TPSA) is 59.4 Å². The molecule has 0 radical (unpaired) electrons. The van der Waals surface area contributed by atoms with E-state index in [9.17, 15) is 4.79 Å². The molecule has 2 fully saturated rings. The fourth-order valence-electron chi connectivity index (χ4n) is 4.03. The first-order valence-corrected chi connectivity index (χ1v) is 9.28. The van der Waals surface area contributed by atoms with Gasteiger partial charge in [0.15, 0.2) is 5.82 Å². The van der Waals surface area contributed by atoms with Crippen LogP contribution in [0.2, 0.25) is 0 Å². The number of nitrogens with zero attached hydrogens (tertiary/aromatic N) is 3. The molecule has 1 aromatic heterocycles. The van der Waals surface area contributed by atoms with Crippen molar-refractivity contribution in [2.24, 2.45) is 0 Å². The fraction of sp³-hybridized carbons (Fsp3) is 0.778. The van der Waals surface area contributed by atoms with Gasteiger partial charge in [-0.1, -0.05) is 0 Å². The first-order valence-electron chi connectivity index (χ1n) is 9.28. The summed E-state index contributed by atoms with van der Waals surface area (Å²) in [5.41, 5.74) is 0.0264. The van der Waals surface area contributed by atoms with E-state index in [0.717, 1.165) is 38.8 Å².